The molecule has 1 saturated heterocycles. The van der Waals surface area contributed by atoms with Gasteiger partial charge in [-0.2, -0.15) is 15.0 Å². The quantitative estimate of drug-likeness (QED) is 0.797. The maximum atomic E-state index is 5.57. The first-order valence-corrected chi connectivity index (χ1v) is 5.59. The number of ether oxygens (including phenoxy) is 2. The molecule has 1 aromatic carbocycles. The predicted octanol–water partition coefficient (Wildman–Crippen LogP) is 1.24. The van der Waals surface area contributed by atoms with Crippen LogP contribution in [0.15, 0.2) is 42.7 Å². The summed E-state index contributed by atoms with van der Waals surface area (Å²) in [4.78, 5) is 1.63. The summed E-state index contributed by atoms with van der Waals surface area (Å²) in [5.74, 6) is 0. The Balaban J connectivity index is 1.96. The number of nitrogens with zero attached hydrogens (tertiary/aromatic N) is 3. The van der Waals surface area contributed by atoms with E-state index in [1.54, 1.807) is 17.2 Å². The summed E-state index contributed by atoms with van der Waals surface area (Å²) < 4.78 is 11.1. The van der Waals surface area contributed by atoms with Crippen molar-refractivity contribution in [2.24, 2.45) is 0 Å². The van der Waals surface area contributed by atoms with E-state index in [1.165, 1.54) is 0 Å². The molecular formula is C12H13N3O2. The van der Waals surface area contributed by atoms with Crippen LogP contribution in [0.5, 0.6) is 0 Å². The molecule has 1 fully saturated rings. The minimum absolute atomic E-state index is 0.131. The fraction of sp³-hybridized carbons (Fsp3) is 0.333. The van der Waals surface area contributed by atoms with Crippen molar-refractivity contribution in [2.75, 3.05) is 13.2 Å². The highest BCUT2D eigenvalue weighted by Gasteiger charge is 2.30. The van der Waals surface area contributed by atoms with Gasteiger partial charge >= 0.3 is 0 Å². The molecule has 5 heteroatoms. The van der Waals surface area contributed by atoms with Gasteiger partial charge in [0.2, 0.25) is 0 Å². The second kappa shape index (κ2) is 4.65. The Kier molecular flexibility index (Phi) is 2.85. The van der Waals surface area contributed by atoms with Crippen LogP contribution in [0.25, 0.3) is 0 Å². The fourth-order valence-electron chi connectivity index (χ4n) is 1.98. The van der Waals surface area contributed by atoms with Gasteiger partial charge in [-0.25, -0.2) is 0 Å². The van der Waals surface area contributed by atoms with Crippen molar-refractivity contribution < 1.29 is 9.47 Å². The Hall–Kier alpha value is -1.72. The van der Waals surface area contributed by atoms with Crippen LogP contribution < -0.4 is 0 Å². The molecule has 5 nitrogen and oxygen atoms in total. The second-order valence-corrected chi connectivity index (χ2v) is 3.81. The van der Waals surface area contributed by atoms with Gasteiger partial charge in [-0.05, 0) is 5.56 Å². The van der Waals surface area contributed by atoms with E-state index in [0.717, 1.165) is 5.56 Å². The first-order chi connectivity index (χ1) is 8.45. The Labute approximate surface area is 99.0 Å². The van der Waals surface area contributed by atoms with E-state index >= 15 is 0 Å². The van der Waals surface area contributed by atoms with Gasteiger partial charge in [0.25, 0.3) is 0 Å². The Morgan fingerprint density at radius 2 is 1.71 bits per heavy atom. The lowest BCUT2D eigenvalue weighted by atomic mass is 10.1. The van der Waals surface area contributed by atoms with E-state index in [4.69, 9.17) is 9.47 Å². The lowest BCUT2D eigenvalue weighted by Crippen LogP contribution is -2.28. The highest BCUT2D eigenvalue weighted by atomic mass is 16.7. The van der Waals surface area contributed by atoms with Crippen molar-refractivity contribution >= 4 is 0 Å². The van der Waals surface area contributed by atoms with Crippen molar-refractivity contribution in [3.63, 3.8) is 0 Å². The normalized spacial score (nSPS) is 18.4. The molecule has 1 atom stereocenters. The molecule has 1 aromatic heterocycles. The number of rotatable bonds is 3. The average molecular weight is 231 g/mol. The number of hydrogen-bond donors (Lipinski definition) is 0. The van der Waals surface area contributed by atoms with Crippen molar-refractivity contribution in [1.82, 2.24) is 15.0 Å². The third kappa shape index (κ3) is 2.07. The summed E-state index contributed by atoms with van der Waals surface area (Å²) in [7, 11) is 0. The van der Waals surface area contributed by atoms with E-state index in [0.29, 0.717) is 13.2 Å². The number of benzene rings is 1. The molecule has 2 heterocycles. The molecule has 2 aromatic rings. The maximum absolute atomic E-state index is 5.57. The monoisotopic (exact) mass is 231 g/mol. The van der Waals surface area contributed by atoms with Gasteiger partial charge < -0.3 is 9.47 Å². The van der Waals surface area contributed by atoms with E-state index in [2.05, 4.69) is 10.2 Å². The molecule has 88 valence electrons. The van der Waals surface area contributed by atoms with Gasteiger partial charge in [-0.1, -0.05) is 30.3 Å². The van der Waals surface area contributed by atoms with Crippen molar-refractivity contribution in [3.8, 4) is 0 Å². The van der Waals surface area contributed by atoms with Crippen LogP contribution in [0.1, 0.15) is 11.6 Å². The molecule has 0 spiro atoms. The Morgan fingerprint density at radius 3 is 2.35 bits per heavy atom. The second-order valence-electron chi connectivity index (χ2n) is 3.81. The Bertz CT molecular complexity index is 452. The minimum Gasteiger partial charge on any atom is -0.348 e. The lowest BCUT2D eigenvalue weighted by molar-refractivity contribution is -0.0729. The molecule has 0 amide bonds. The highest BCUT2D eigenvalue weighted by Crippen LogP contribution is 2.25. The summed E-state index contributed by atoms with van der Waals surface area (Å²) >= 11 is 0. The topological polar surface area (TPSA) is 49.2 Å². The van der Waals surface area contributed by atoms with Crippen molar-refractivity contribution in [2.45, 2.75) is 12.3 Å². The molecule has 1 aliphatic rings. The summed E-state index contributed by atoms with van der Waals surface area (Å²) in [5, 5.41) is 8.37. The number of hydrogen-bond acceptors (Lipinski definition) is 4. The third-order valence-electron chi connectivity index (χ3n) is 2.73. The summed E-state index contributed by atoms with van der Waals surface area (Å²) in [6.45, 7) is 1.24. The molecular weight excluding hydrogens is 218 g/mol. The lowest BCUT2D eigenvalue weighted by Gasteiger charge is -2.21. The van der Waals surface area contributed by atoms with Crippen molar-refractivity contribution in [3.05, 3.63) is 48.3 Å². The highest BCUT2D eigenvalue weighted by molar-refractivity contribution is 5.19. The minimum atomic E-state index is -0.315. The first-order valence-electron chi connectivity index (χ1n) is 5.59. The van der Waals surface area contributed by atoms with Crippen LogP contribution in [0, 0.1) is 0 Å². The number of aromatic nitrogens is 3. The van der Waals surface area contributed by atoms with Crippen molar-refractivity contribution in [1.29, 1.82) is 0 Å². The van der Waals surface area contributed by atoms with Crippen LogP contribution in [-0.4, -0.2) is 34.5 Å². The first kappa shape index (κ1) is 10.4. The molecule has 3 rings (SSSR count). The largest absolute Gasteiger partial charge is 0.348 e. The molecule has 0 N–H and O–H groups in total. The van der Waals surface area contributed by atoms with Crippen LogP contribution in [0.4, 0.5) is 0 Å². The molecule has 0 aliphatic carbocycles. The standard InChI is InChI=1S/C12H13N3O2/c1-2-4-10(5-3-1)11(12-16-8-9-17-12)15-13-6-7-14-15/h1-7,11-12H,8-9H2. The van der Waals surface area contributed by atoms with Crippen LogP contribution in [0.3, 0.4) is 0 Å². The molecule has 17 heavy (non-hydrogen) atoms. The van der Waals surface area contributed by atoms with Gasteiger partial charge in [-0.3, -0.25) is 0 Å². The predicted molar refractivity (Wildman–Crippen MR) is 60.3 cm³/mol. The zero-order valence-corrected chi connectivity index (χ0v) is 9.27. The van der Waals surface area contributed by atoms with Crippen LogP contribution in [0.2, 0.25) is 0 Å². The van der Waals surface area contributed by atoms with E-state index in [-0.39, 0.29) is 12.3 Å². The zero-order chi connectivity index (χ0) is 11.5. The molecule has 0 saturated carbocycles. The molecule has 0 bridgehead atoms. The van der Waals surface area contributed by atoms with Gasteiger partial charge in [0.05, 0.1) is 25.6 Å². The average Bonchev–Trinajstić information content (AvgIpc) is 3.04. The van der Waals surface area contributed by atoms with Gasteiger partial charge in [0.1, 0.15) is 6.04 Å². The van der Waals surface area contributed by atoms with E-state index in [1.807, 2.05) is 30.3 Å². The Morgan fingerprint density at radius 1 is 1.06 bits per heavy atom. The summed E-state index contributed by atoms with van der Waals surface area (Å²) in [6, 6.07) is 9.88. The smallest absolute Gasteiger partial charge is 0.186 e. The van der Waals surface area contributed by atoms with Gasteiger partial charge in [-0.15, -0.1) is 0 Å². The SMILES string of the molecule is c1ccc(C(C2OCCO2)n2nccn2)cc1. The van der Waals surface area contributed by atoms with E-state index < -0.39 is 0 Å². The van der Waals surface area contributed by atoms with Gasteiger partial charge in [0.15, 0.2) is 6.29 Å². The molecule has 1 aliphatic heterocycles. The summed E-state index contributed by atoms with van der Waals surface area (Å²) in [6.07, 6.45) is 3.00. The van der Waals surface area contributed by atoms with Crippen LogP contribution in [-0.2, 0) is 9.47 Å². The fourth-order valence-corrected chi connectivity index (χ4v) is 1.98. The zero-order valence-electron chi connectivity index (χ0n) is 9.27. The molecule has 1 unspecified atom stereocenters. The third-order valence-corrected chi connectivity index (χ3v) is 2.73. The molecule has 0 radical (unpaired) electrons. The maximum Gasteiger partial charge on any atom is 0.186 e. The van der Waals surface area contributed by atoms with Gasteiger partial charge in [0, 0.05) is 0 Å². The van der Waals surface area contributed by atoms with Crippen LogP contribution >= 0.6 is 0 Å². The summed E-state index contributed by atoms with van der Waals surface area (Å²) in [5.41, 5.74) is 1.08. The van der Waals surface area contributed by atoms with E-state index in [9.17, 15) is 0 Å².